The summed E-state index contributed by atoms with van der Waals surface area (Å²) in [6.07, 6.45) is 1.17. The van der Waals surface area contributed by atoms with Gasteiger partial charge in [0.05, 0.1) is 19.3 Å². The van der Waals surface area contributed by atoms with E-state index in [1.807, 2.05) is 20.8 Å². The molecule has 0 radical (unpaired) electrons. The molecule has 0 bridgehead atoms. The number of amides is 1. The van der Waals surface area contributed by atoms with Crippen LogP contribution in [-0.4, -0.2) is 25.2 Å². The van der Waals surface area contributed by atoms with E-state index in [0.717, 1.165) is 0 Å². The van der Waals surface area contributed by atoms with Crippen molar-refractivity contribution in [1.82, 2.24) is 0 Å². The molecule has 112 valence electrons. The molecule has 0 saturated heterocycles. The number of nitrogens with two attached hydrogens (primary N) is 1. The second-order valence-electron chi connectivity index (χ2n) is 4.62. The third kappa shape index (κ3) is 3.63. The number of nitrogens with one attached hydrogen (secondary N) is 1. The number of carbonyl (C=O) groups excluding carboxylic acids is 1. The highest BCUT2D eigenvalue weighted by atomic mass is 16.5. The number of rotatable bonds is 7. The third-order valence-corrected chi connectivity index (χ3v) is 3.44. The van der Waals surface area contributed by atoms with Gasteiger partial charge in [-0.1, -0.05) is 13.8 Å². The van der Waals surface area contributed by atoms with E-state index in [0.29, 0.717) is 36.6 Å². The minimum absolute atomic E-state index is 0.185. The second-order valence-corrected chi connectivity index (χ2v) is 4.62. The van der Waals surface area contributed by atoms with Crippen LogP contribution in [0.1, 0.15) is 33.6 Å². The average molecular weight is 280 g/mol. The summed E-state index contributed by atoms with van der Waals surface area (Å²) >= 11 is 0. The van der Waals surface area contributed by atoms with Gasteiger partial charge in [0.1, 0.15) is 0 Å². The van der Waals surface area contributed by atoms with Crippen LogP contribution in [0.2, 0.25) is 0 Å². The molecule has 1 rings (SSSR count). The summed E-state index contributed by atoms with van der Waals surface area (Å²) in [7, 11) is 1.58. The van der Waals surface area contributed by atoms with E-state index < -0.39 is 5.54 Å². The summed E-state index contributed by atoms with van der Waals surface area (Å²) in [5.41, 5.74) is 5.88. The maximum Gasteiger partial charge on any atom is 0.244 e. The van der Waals surface area contributed by atoms with E-state index in [1.165, 1.54) is 0 Å². The Morgan fingerprint density at radius 2 is 1.90 bits per heavy atom. The van der Waals surface area contributed by atoms with Gasteiger partial charge in [0.15, 0.2) is 11.5 Å². The number of methoxy groups -OCH3 is 1. The van der Waals surface area contributed by atoms with Crippen LogP contribution in [0, 0.1) is 0 Å². The molecule has 5 nitrogen and oxygen atoms in total. The maximum atomic E-state index is 12.2. The van der Waals surface area contributed by atoms with Crippen LogP contribution in [0.4, 0.5) is 5.69 Å². The summed E-state index contributed by atoms with van der Waals surface area (Å²) in [5, 5.41) is 2.83. The molecule has 1 amide bonds. The standard InChI is InChI=1S/C15H24N2O3/c1-5-15(16,6-2)14(18)17-11-8-9-12(19-4)13(10-11)20-7-3/h8-10H,5-7,16H2,1-4H3,(H,17,18). The lowest BCUT2D eigenvalue weighted by molar-refractivity contribution is -0.121. The number of ether oxygens (including phenoxy) is 2. The highest BCUT2D eigenvalue weighted by Gasteiger charge is 2.29. The van der Waals surface area contributed by atoms with Gasteiger partial charge < -0.3 is 20.5 Å². The van der Waals surface area contributed by atoms with Gasteiger partial charge in [-0.05, 0) is 31.9 Å². The molecular weight excluding hydrogens is 256 g/mol. The van der Waals surface area contributed by atoms with Gasteiger partial charge in [-0.3, -0.25) is 4.79 Å². The van der Waals surface area contributed by atoms with E-state index in [1.54, 1.807) is 25.3 Å². The summed E-state index contributed by atoms with van der Waals surface area (Å²) in [5.74, 6) is 1.05. The van der Waals surface area contributed by atoms with E-state index in [-0.39, 0.29) is 5.91 Å². The van der Waals surface area contributed by atoms with Crippen LogP contribution in [0.15, 0.2) is 18.2 Å². The van der Waals surface area contributed by atoms with Crippen molar-refractivity contribution in [3.8, 4) is 11.5 Å². The van der Waals surface area contributed by atoms with E-state index in [9.17, 15) is 4.79 Å². The molecular formula is C15H24N2O3. The quantitative estimate of drug-likeness (QED) is 0.805. The van der Waals surface area contributed by atoms with Crippen molar-refractivity contribution in [3.05, 3.63) is 18.2 Å². The monoisotopic (exact) mass is 280 g/mol. The molecule has 0 unspecified atom stereocenters. The molecule has 0 fully saturated rings. The minimum Gasteiger partial charge on any atom is -0.493 e. The van der Waals surface area contributed by atoms with Gasteiger partial charge >= 0.3 is 0 Å². The summed E-state index contributed by atoms with van der Waals surface area (Å²) in [4.78, 5) is 12.2. The Kier molecular flexibility index (Phi) is 5.82. The molecule has 0 saturated carbocycles. The molecule has 5 heteroatoms. The minimum atomic E-state index is -0.842. The predicted octanol–water partition coefficient (Wildman–Crippen LogP) is 2.55. The largest absolute Gasteiger partial charge is 0.493 e. The first-order valence-electron chi connectivity index (χ1n) is 6.91. The number of carbonyl (C=O) groups is 1. The number of hydrogen-bond donors (Lipinski definition) is 2. The molecule has 0 aliphatic heterocycles. The van der Waals surface area contributed by atoms with Crippen LogP contribution in [0.25, 0.3) is 0 Å². The molecule has 20 heavy (non-hydrogen) atoms. The van der Waals surface area contributed by atoms with Gasteiger partial charge in [0.25, 0.3) is 0 Å². The lowest BCUT2D eigenvalue weighted by atomic mass is 9.93. The Labute approximate surface area is 120 Å². The molecule has 0 aliphatic carbocycles. The van der Waals surface area contributed by atoms with Crippen molar-refractivity contribution < 1.29 is 14.3 Å². The topological polar surface area (TPSA) is 73.6 Å². The fourth-order valence-corrected chi connectivity index (χ4v) is 1.85. The normalized spacial score (nSPS) is 11.1. The van der Waals surface area contributed by atoms with Gasteiger partial charge in [0, 0.05) is 11.8 Å². The average Bonchev–Trinajstić information content (AvgIpc) is 2.47. The van der Waals surface area contributed by atoms with Crippen LogP contribution in [0.5, 0.6) is 11.5 Å². The molecule has 0 aliphatic rings. The third-order valence-electron chi connectivity index (χ3n) is 3.44. The van der Waals surface area contributed by atoms with Gasteiger partial charge in [-0.25, -0.2) is 0 Å². The van der Waals surface area contributed by atoms with Crippen LogP contribution >= 0.6 is 0 Å². The first-order chi connectivity index (χ1) is 9.50. The SMILES string of the molecule is CCOc1cc(NC(=O)C(N)(CC)CC)ccc1OC. The first kappa shape index (κ1) is 16.3. The summed E-state index contributed by atoms with van der Waals surface area (Å²) in [6, 6.07) is 5.27. The smallest absolute Gasteiger partial charge is 0.244 e. The molecule has 1 aromatic rings. The van der Waals surface area contributed by atoms with Crippen LogP contribution in [-0.2, 0) is 4.79 Å². The Morgan fingerprint density at radius 3 is 2.40 bits per heavy atom. The highest BCUT2D eigenvalue weighted by Crippen LogP contribution is 2.30. The molecule has 1 aromatic carbocycles. The van der Waals surface area contributed by atoms with Crippen molar-refractivity contribution in [2.24, 2.45) is 5.73 Å². The van der Waals surface area contributed by atoms with E-state index in [4.69, 9.17) is 15.2 Å². The van der Waals surface area contributed by atoms with Gasteiger partial charge in [0.2, 0.25) is 5.91 Å². The number of anilines is 1. The zero-order chi connectivity index (χ0) is 15.2. The van der Waals surface area contributed by atoms with Gasteiger partial charge in [-0.15, -0.1) is 0 Å². The lowest BCUT2D eigenvalue weighted by Gasteiger charge is -2.25. The zero-order valence-corrected chi connectivity index (χ0v) is 12.7. The molecule has 0 aromatic heterocycles. The number of benzene rings is 1. The van der Waals surface area contributed by atoms with Gasteiger partial charge in [-0.2, -0.15) is 0 Å². The van der Waals surface area contributed by atoms with Crippen molar-refractivity contribution in [2.75, 3.05) is 19.0 Å². The second kappa shape index (κ2) is 7.14. The Balaban J connectivity index is 2.93. The number of hydrogen-bond acceptors (Lipinski definition) is 4. The molecule has 3 N–H and O–H groups in total. The molecule has 0 heterocycles. The maximum absolute atomic E-state index is 12.2. The van der Waals surface area contributed by atoms with E-state index in [2.05, 4.69) is 5.32 Å². The molecule has 0 atom stereocenters. The van der Waals surface area contributed by atoms with Crippen LogP contribution in [0.3, 0.4) is 0 Å². The van der Waals surface area contributed by atoms with E-state index >= 15 is 0 Å². The van der Waals surface area contributed by atoms with Crippen molar-refractivity contribution in [3.63, 3.8) is 0 Å². The Hall–Kier alpha value is -1.75. The van der Waals surface area contributed by atoms with Crippen molar-refractivity contribution in [1.29, 1.82) is 0 Å². The predicted molar refractivity (Wildman–Crippen MR) is 80.3 cm³/mol. The Bertz CT molecular complexity index is 456. The van der Waals surface area contributed by atoms with Crippen molar-refractivity contribution >= 4 is 11.6 Å². The fourth-order valence-electron chi connectivity index (χ4n) is 1.85. The summed E-state index contributed by atoms with van der Waals surface area (Å²) in [6.45, 7) is 6.23. The first-order valence-corrected chi connectivity index (χ1v) is 6.91. The fraction of sp³-hybridized carbons (Fsp3) is 0.533. The Morgan fingerprint density at radius 1 is 1.25 bits per heavy atom. The summed E-state index contributed by atoms with van der Waals surface area (Å²) < 4.78 is 10.7. The van der Waals surface area contributed by atoms with Crippen LogP contribution < -0.4 is 20.5 Å². The van der Waals surface area contributed by atoms with Crippen molar-refractivity contribution in [2.45, 2.75) is 39.2 Å². The highest BCUT2D eigenvalue weighted by molar-refractivity contribution is 5.98. The molecule has 0 spiro atoms. The lowest BCUT2D eigenvalue weighted by Crippen LogP contribution is -2.50. The zero-order valence-electron chi connectivity index (χ0n) is 12.7.